The Balaban J connectivity index is 1.78. The van der Waals surface area contributed by atoms with Crippen molar-refractivity contribution in [1.29, 1.82) is 0 Å². The van der Waals surface area contributed by atoms with Gasteiger partial charge in [0.25, 0.3) is 0 Å². The first kappa shape index (κ1) is 15.5. The Hall–Kier alpha value is -2.04. The summed E-state index contributed by atoms with van der Waals surface area (Å²) >= 11 is 12.5. The number of aromatic nitrogens is 3. The van der Waals surface area contributed by atoms with Gasteiger partial charge in [0.05, 0.1) is 12.1 Å². The zero-order valence-electron chi connectivity index (χ0n) is 13.1. The molecular formula is C18H16Cl2N4. The Morgan fingerprint density at radius 3 is 2.75 bits per heavy atom. The van der Waals surface area contributed by atoms with Crippen molar-refractivity contribution in [3.8, 4) is 0 Å². The van der Waals surface area contributed by atoms with Crippen molar-refractivity contribution in [2.45, 2.75) is 25.4 Å². The van der Waals surface area contributed by atoms with E-state index in [4.69, 9.17) is 23.2 Å². The number of benzene rings is 2. The van der Waals surface area contributed by atoms with Crippen LogP contribution in [0.1, 0.15) is 35.2 Å². The molecule has 0 spiro atoms. The summed E-state index contributed by atoms with van der Waals surface area (Å²) in [6, 6.07) is 14.2. The highest BCUT2D eigenvalue weighted by Gasteiger charge is 2.31. The van der Waals surface area contributed by atoms with Crippen LogP contribution in [0.5, 0.6) is 0 Å². The maximum atomic E-state index is 6.42. The molecule has 2 heterocycles. The van der Waals surface area contributed by atoms with Crippen LogP contribution in [-0.4, -0.2) is 14.8 Å². The fourth-order valence-corrected chi connectivity index (χ4v) is 3.87. The highest BCUT2D eigenvalue weighted by molar-refractivity contribution is 6.35. The van der Waals surface area contributed by atoms with Gasteiger partial charge < -0.3 is 5.32 Å². The average Bonchev–Trinajstić information content (AvgIpc) is 3.03. The lowest BCUT2D eigenvalue weighted by molar-refractivity contribution is 0.429. The highest BCUT2D eigenvalue weighted by Crippen LogP contribution is 2.40. The molecule has 1 aromatic heterocycles. The van der Waals surface area contributed by atoms with Gasteiger partial charge in [-0.2, -0.15) is 10.1 Å². The Labute approximate surface area is 150 Å². The summed E-state index contributed by atoms with van der Waals surface area (Å²) in [5.74, 6) is 0.755. The lowest BCUT2D eigenvalue weighted by Crippen LogP contribution is -2.28. The van der Waals surface area contributed by atoms with E-state index >= 15 is 0 Å². The molecule has 1 aliphatic rings. The average molecular weight is 359 g/mol. The molecule has 0 aliphatic carbocycles. The van der Waals surface area contributed by atoms with Crippen molar-refractivity contribution < 1.29 is 0 Å². The quantitative estimate of drug-likeness (QED) is 0.697. The minimum absolute atomic E-state index is 0.0519. The minimum Gasteiger partial charge on any atom is -0.347 e. The molecule has 1 N–H and O–H groups in total. The van der Waals surface area contributed by atoms with Crippen molar-refractivity contribution in [3.63, 3.8) is 0 Å². The summed E-state index contributed by atoms with van der Waals surface area (Å²) in [7, 11) is 0. The standard InChI is InChI=1S/C18H16Cl2N4/c1-11-4-2-3-5-13(11)17-9-16(23-18-21-10-22-24(17)18)14-7-6-12(19)8-15(14)20/h2-8,10,16-17H,9H2,1H3,(H,21,22,23)/t16-,17-/m0/s1. The minimum atomic E-state index is 0.0519. The second-order valence-corrected chi connectivity index (χ2v) is 6.84. The number of nitrogens with zero attached hydrogens (tertiary/aromatic N) is 3. The fraction of sp³-hybridized carbons (Fsp3) is 0.222. The van der Waals surface area contributed by atoms with Crippen molar-refractivity contribution in [2.24, 2.45) is 0 Å². The summed E-state index contributed by atoms with van der Waals surface area (Å²) in [6.07, 6.45) is 2.42. The van der Waals surface area contributed by atoms with E-state index < -0.39 is 0 Å². The third-order valence-corrected chi connectivity index (χ3v) is 5.08. The Morgan fingerprint density at radius 1 is 1.12 bits per heavy atom. The molecule has 2 atom stereocenters. The number of fused-ring (bicyclic) bond motifs is 1. The van der Waals surface area contributed by atoms with Gasteiger partial charge in [-0.3, -0.25) is 0 Å². The van der Waals surface area contributed by atoms with E-state index in [1.807, 2.05) is 16.8 Å². The molecule has 0 bridgehead atoms. The maximum Gasteiger partial charge on any atom is 0.222 e. The van der Waals surface area contributed by atoms with Gasteiger partial charge in [0.2, 0.25) is 5.95 Å². The summed E-state index contributed by atoms with van der Waals surface area (Å²) < 4.78 is 1.95. The van der Waals surface area contributed by atoms with E-state index in [1.54, 1.807) is 12.4 Å². The van der Waals surface area contributed by atoms with Crippen LogP contribution in [0.3, 0.4) is 0 Å². The SMILES string of the molecule is Cc1ccccc1[C@@H]1C[C@@H](c2ccc(Cl)cc2Cl)Nc2ncnn21. The van der Waals surface area contributed by atoms with Crippen molar-refractivity contribution in [2.75, 3.05) is 5.32 Å². The van der Waals surface area contributed by atoms with Crippen LogP contribution in [0.2, 0.25) is 10.0 Å². The van der Waals surface area contributed by atoms with E-state index in [0.29, 0.717) is 10.0 Å². The molecule has 0 fully saturated rings. The molecule has 4 nitrogen and oxygen atoms in total. The predicted molar refractivity (Wildman–Crippen MR) is 96.8 cm³/mol. The van der Waals surface area contributed by atoms with Gasteiger partial charge in [-0.25, -0.2) is 4.68 Å². The van der Waals surface area contributed by atoms with Gasteiger partial charge in [-0.1, -0.05) is 53.5 Å². The molecule has 24 heavy (non-hydrogen) atoms. The largest absolute Gasteiger partial charge is 0.347 e. The first-order valence-electron chi connectivity index (χ1n) is 7.80. The van der Waals surface area contributed by atoms with Crippen molar-refractivity contribution in [1.82, 2.24) is 14.8 Å². The van der Waals surface area contributed by atoms with Crippen molar-refractivity contribution >= 4 is 29.2 Å². The van der Waals surface area contributed by atoms with Gasteiger partial charge in [-0.15, -0.1) is 0 Å². The Bertz CT molecular complexity index is 890. The second kappa shape index (κ2) is 6.11. The molecule has 0 radical (unpaired) electrons. The topological polar surface area (TPSA) is 42.7 Å². The lowest BCUT2D eigenvalue weighted by atomic mass is 9.91. The lowest BCUT2D eigenvalue weighted by Gasteiger charge is -2.32. The first-order chi connectivity index (χ1) is 11.6. The molecule has 0 saturated heterocycles. The maximum absolute atomic E-state index is 6.42. The van der Waals surface area contributed by atoms with Gasteiger partial charge in [-0.05, 0) is 42.2 Å². The monoisotopic (exact) mass is 358 g/mol. The summed E-state index contributed by atoms with van der Waals surface area (Å²) in [5.41, 5.74) is 3.52. The van der Waals surface area contributed by atoms with Crippen LogP contribution < -0.4 is 5.32 Å². The first-order valence-corrected chi connectivity index (χ1v) is 8.55. The zero-order chi connectivity index (χ0) is 16.7. The summed E-state index contributed by atoms with van der Waals surface area (Å²) in [5, 5.41) is 9.14. The van der Waals surface area contributed by atoms with E-state index in [0.717, 1.165) is 17.9 Å². The number of anilines is 1. The number of rotatable bonds is 2. The normalized spacial score (nSPS) is 19.6. The number of hydrogen-bond acceptors (Lipinski definition) is 3. The van der Waals surface area contributed by atoms with Crippen LogP contribution in [-0.2, 0) is 0 Å². The Morgan fingerprint density at radius 2 is 1.96 bits per heavy atom. The molecule has 6 heteroatoms. The number of hydrogen-bond donors (Lipinski definition) is 1. The van der Waals surface area contributed by atoms with Crippen LogP contribution >= 0.6 is 23.2 Å². The van der Waals surface area contributed by atoms with Crippen LogP contribution in [0, 0.1) is 6.92 Å². The molecule has 122 valence electrons. The van der Waals surface area contributed by atoms with E-state index in [9.17, 15) is 0 Å². The predicted octanol–water partition coefficient (Wildman–Crippen LogP) is 5.04. The van der Waals surface area contributed by atoms with Crippen molar-refractivity contribution in [3.05, 3.63) is 75.5 Å². The molecule has 1 aliphatic heterocycles. The fourth-order valence-electron chi connectivity index (χ4n) is 3.33. The summed E-state index contributed by atoms with van der Waals surface area (Å²) in [4.78, 5) is 4.36. The molecular weight excluding hydrogens is 343 g/mol. The third-order valence-electron chi connectivity index (χ3n) is 4.52. The molecule has 3 aromatic rings. The molecule has 0 unspecified atom stereocenters. The molecule has 0 amide bonds. The van der Waals surface area contributed by atoms with E-state index in [2.05, 4.69) is 46.6 Å². The highest BCUT2D eigenvalue weighted by atomic mass is 35.5. The van der Waals surface area contributed by atoms with Gasteiger partial charge >= 0.3 is 0 Å². The zero-order valence-corrected chi connectivity index (χ0v) is 14.6. The smallest absolute Gasteiger partial charge is 0.222 e. The third kappa shape index (κ3) is 2.66. The number of nitrogens with one attached hydrogen (secondary N) is 1. The van der Waals surface area contributed by atoms with Gasteiger partial charge in [0, 0.05) is 10.0 Å². The number of halogens is 2. The molecule has 2 aromatic carbocycles. The van der Waals surface area contributed by atoms with E-state index in [-0.39, 0.29) is 12.1 Å². The second-order valence-electron chi connectivity index (χ2n) is 6.00. The van der Waals surface area contributed by atoms with Crippen LogP contribution in [0.15, 0.2) is 48.8 Å². The van der Waals surface area contributed by atoms with Crippen LogP contribution in [0.25, 0.3) is 0 Å². The Kier molecular flexibility index (Phi) is 3.94. The molecule has 4 rings (SSSR count). The number of aryl methyl sites for hydroxylation is 1. The molecule has 0 saturated carbocycles. The van der Waals surface area contributed by atoms with E-state index in [1.165, 1.54) is 11.1 Å². The van der Waals surface area contributed by atoms with Crippen LogP contribution in [0.4, 0.5) is 5.95 Å². The van der Waals surface area contributed by atoms with Gasteiger partial charge in [0.1, 0.15) is 6.33 Å². The van der Waals surface area contributed by atoms with Gasteiger partial charge in [0.15, 0.2) is 0 Å². The summed E-state index contributed by atoms with van der Waals surface area (Å²) in [6.45, 7) is 2.12.